The summed E-state index contributed by atoms with van der Waals surface area (Å²) in [6.45, 7) is 6.16. The number of rotatable bonds is 6. The first-order valence-corrected chi connectivity index (χ1v) is 7.93. The van der Waals surface area contributed by atoms with Crippen molar-refractivity contribution >= 4 is 10.0 Å². The van der Waals surface area contributed by atoms with Crippen molar-refractivity contribution in [3.63, 3.8) is 0 Å². The Morgan fingerprint density at radius 2 is 2.06 bits per heavy atom. The third-order valence-corrected chi connectivity index (χ3v) is 5.10. The molecular weight excluding hydrogens is 224 g/mol. The molecule has 4 nitrogen and oxygen atoms in total. The largest absolute Gasteiger partial charge is 0.316 e. The molecule has 0 saturated carbocycles. The highest BCUT2D eigenvalue weighted by atomic mass is 32.2. The standard InChI is InChI=1S/C11H24N2O2S/c1-3-11-7-5-6-9-13(11)16(14,15)10-8-12-4-2/h11-12H,3-10H2,1-2H3. The highest BCUT2D eigenvalue weighted by Gasteiger charge is 2.30. The lowest BCUT2D eigenvalue weighted by Gasteiger charge is -2.34. The first-order chi connectivity index (χ1) is 7.61. The lowest BCUT2D eigenvalue weighted by Crippen LogP contribution is -2.45. The number of sulfonamides is 1. The van der Waals surface area contributed by atoms with Crippen LogP contribution in [0.25, 0.3) is 0 Å². The normalized spacial score (nSPS) is 23.5. The molecule has 0 bridgehead atoms. The van der Waals surface area contributed by atoms with Crippen LogP contribution in [0.15, 0.2) is 0 Å². The maximum absolute atomic E-state index is 12.1. The molecule has 0 amide bonds. The molecule has 1 aliphatic heterocycles. The highest BCUT2D eigenvalue weighted by molar-refractivity contribution is 7.89. The van der Waals surface area contributed by atoms with E-state index in [0.717, 1.165) is 32.2 Å². The quantitative estimate of drug-likeness (QED) is 0.718. The van der Waals surface area contributed by atoms with Gasteiger partial charge in [0, 0.05) is 19.1 Å². The Hall–Kier alpha value is -0.130. The summed E-state index contributed by atoms with van der Waals surface area (Å²) in [6, 6.07) is 0.236. The summed E-state index contributed by atoms with van der Waals surface area (Å²) >= 11 is 0. The lowest BCUT2D eigenvalue weighted by atomic mass is 10.0. The van der Waals surface area contributed by atoms with Gasteiger partial charge in [0.05, 0.1) is 5.75 Å². The number of nitrogens with one attached hydrogen (secondary N) is 1. The van der Waals surface area contributed by atoms with Gasteiger partial charge in [0.15, 0.2) is 0 Å². The second-order valence-corrected chi connectivity index (χ2v) is 6.38. The van der Waals surface area contributed by atoms with E-state index in [1.54, 1.807) is 4.31 Å². The maximum atomic E-state index is 12.1. The zero-order valence-corrected chi connectivity index (χ0v) is 11.2. The molecule has 1 aliphatic rings. The molecule has 5 heteroatoms. The van der Waals surface area contributed by atoms with E-state index in [4.69, 9.17) is 0 Å². The zero-order valence-electron chi connectivity index (χ0n) is 10.4. The average molecular weight is 248 g/mol. The van der Waals surface area contributed by atoms with Crippen LogP contribution in [-0.4, -0.2) is 44.2 Å². The minimum atomic E-state index is -3.05. The Kier molecular flexibility index (Phi) is 5.72. The van der Waals surface area contributed by atoms with Crippen molar-refractivity contribution in [3.8, 4) is 0 Å². The topological polar surface area (TPSA) is 49.4 Å². The van der Waals surface area contributed by atoms with Gasteiger partial charge in [0.1, 0.15) is 0 Å². The molecule has 1 unspecified atom stereocenters. The SMILES string of the molecule is CCNCCS(=O)(=O)N1CCCCC1CC. The van der Waals surface area contributed by atoms with Crippen LogP contribution in [0, 0.1) is 0 Å². The molecule has 96 valence electrons. The Morgan fingerprint density at radius 3 is 2.69 bits per heavy atom. The van der Waals surface area contributed by atoms with Crippen LogP contribution in [0.4, 0.5) is 0 Å². The summed E-state index contributed by atoms with van der Waals surface area (Å²) in [5.41, 5.74) is 0. The Balaban J connectivity index is 2.57. The fourth-order valence-electron chi connectivity index (χ4n) is 2.24. The lowest BCUT2D eigenvalue weighted by molar-refractivity contribution is 0.246. The summed E-state index contributed by atoms with van der Waals surface area (Å²) in [5.74, 6) is 0.233. The molecule has 0 aromatic carbocycles. The van der Waals surface area contributed by atoms with E-state index >= 15 is 0 Å². The molecule has 16 heavy (non-hydrogen) atoms. The van der Waals surface area contributed by atoms with Crippen molar-refractivity contribution in [2.45, 2.75) is 45.6 Å². The van der Waals surface area contributed by atoms with Gasteiger partial charge in [-0.1, -0.05) is 20.3 Å². The van der Waals surface area contributed by atoms with Crippen molar-refractivity contribution in [1.82, 2.24) is 9.62 Å². The van der Waals surface area contributed by atoms with Gasteiger partial charge in [-0.2, -0.15) is 4.31 Å². The Bertz CT molecular complexity index is 290. The number of hydrogen-bond donors (Lipinski definition) is 1. The van der Waals surface area contributed by atoms with Crippen LogP contribution in [0.2, 0.25) is 0 Å². The molecule has 1 saturated heterocycles. The minimum Gasteiger partial charge on any atom is -0.316 e. The van der Waals surface area contributed by atoms with Gasteiger partial charge < -0.3 is 5.32 Å². The van der Waals surface area contributed by atoms with Crippen molar-refractivity contribution < 1.29 is 8.42 Å². The monoisotopic (exact) mass is 248 g/mol. The second kappa shape index (κ2) is 6.57. The molecule has 1 heterocycles. The van der Waals surface area contributed by atoms with Crippen molar-refractivity contribution in [2.24, 2.45) is 0 Å². The highest BCUT2D eigenvalue weighted by Crippen LogP contribution is 2.22. The summed E-state index contributed by atoms with van der Waals surface area (Å²) in [5, 5.41) is 3.07. The molecule has 0 aromatic heterocycles. The first kappa shape index (κ1) is 13.9. The summed E-state index contributed by atoms with van der Waals surface area (Å²) in [4.78, 5) is 0. The van der Waals surface area contributed by atoms with Gasteiger partial charge in [-0.05, 0) is 25.8 Å². The van der Waals surface area contributed by atoms with Crippen molar-refractivity contribution in [1.29, 1.82) is 0 Å². The number of hydrogen-bond acceptors (Lipinski definition) is 3. The van der Waals surface area contributed by atoms with Crippen molar-refractivity contribution in [2.75, 3.05) is 25.4 Å². The van der Waals surface area contributed by atoms with Gasteiger partial charge in [-0.15, -0.1) is 0 Å². The minimum absolute atomic E-state index is 0.233. The smallest absolute Gasteiger partial charge is 0.215 e. The van der Waals surface area contributed by atoms with Crippen LogP contribution in [-0.2, 0) is 10.0 Å². The van der Waals surface area contributed by atoms with Gasteiger partial charge >= 0.3 is 0 Å². The molecule has 1 atom stereocenters. The van der Waals surface area contributed by atoms with Crippen LogP contribution < -0.4 is 5.32 Å². The van der Waals surface area contributed by atoms with E-state index in [2.05, 4.69) is 12.2 Å². The Morgan fingerprint density at radius 1 is 1.31 bits per heavy atom. The van der Waals surface area contributed by atoms with E-state index in [1.807, 2.05) is 6.92 Å². The molecule has 1 rings (SSSR count). The summed E-state index contributed by atoms with van der Waals surface area (Å²) in [7, 11) is -3.05. The molecule has 0 spiro atoms. The predicted molar refractivity (Wildman–Crippen MR) is 67.0 cm³/mol. The first-order valence-electron chi connectivity index (χ1n) is 6.32. The van der Waals surface area contributed by atoms with Gasteiger partial charge in [0.25, 0.3) is 0 Å². The fourth-order valence-corrected chi connectivity index (χ4v) is 4.00. The molecule has 0 aliphatic carbocycles. The second-order valence-electron chi connectivity index (χ2n) is 4.34. The average Bonchev–Trinajstić information content (AvgIpc) is 2.29. The third kappa shape index (κ3) is 3.71. The molecule has 0 aromatic rings. The predicted octanol–water partition coefficient (Wildman–Crippen LogP) is 1.19. The van der Waals surface area contributed by atoms with Gasteiger partial charge in [-0.3, -0.25) is 0 Å². The summed E-state index contributed by atoms with van der Waals surface area (Å²) in [6.07, 6.45) is 4.13. The van der Waals surface area contributed by atoms with Gasteiger partial charge in [-0.25, -0.2) is 8.42 Å². The van der Waals surface area contributed by atoms with Crippen LogP contribution in [0.3, 0.4) is 0 Å². The van der Waals surface area contributed by atoms with E-state index in [-0.39, 0.29) is 11.8 Å². The molecule has 0 radical (unpaired) electrons. The van der Waals surface area contributed by atoms with E-state index in [1.165, 1.54) is 0 Å². The molecular formula is C11H24N2O2S. The maximum Gasteiger partial charge on any atom is 0.215 e. The van der Waals surface area contributed by atoms with Gasteiger partial charge in [0.2, 0.25) is 10.0 Å². The molecule has 1 N–H and O–H groups in total. The van der Waals surface area contributed by atoms with E-state index in [0.29, 0.717) is 13.1 Å². The number of piperidine rings is 1. The zero-order chi connectivity index (χ0) is 12.0. The van der Waals surface area contributed by atoms with Crippen molar-refractivity contribution in [3.05, 3.63) is 0 Å². The van der Waals surface area contributed by atoms with Crippen LogP contribution in [0.5, 0.6) is 0 Å². The van der Waals surface area contributed by atoms with E-state index in [9.17, 15) is 8.42 Å². The van der Waals surface area contributed by atoms with Crippen LogP contribution in [0.1, 0.15) is 39.5 Å². The van der Waals surface area contributed by atoms with Crippen LogP contribution >= 0.6 is 0 Å². The van der Waals surface area contributed by atoms with E-state index < -0.39 is 10.0 Å². The molecule has 1 fully saturated rings. The number of nitrogens with zero attached hydrogens (tertiary/aromatic N) is 1. The summed E-state index contributed by atoms with van der Waals surface area (Å²) < 4.78 is 26.0. The fraction of sp³-hybridized carbons (Fsp3) is 1.00. The third-order valence-electron chi connectivity index (χ3n) is 3.19. The Labute approximate surface area is 99.5 Å².